The lowest BCUT2D eigenvalue weighted by Crippen LogP contribution is -2.46. The van der Waals surface area contributed by atoms with Crippen molar-refractivity contribution in [1.29, 1.82) is 0 Å². The normalized spacial score (nSPS) is 30.6. The standard InChI is InChI=1S/C14H20FN3O5/c1-7(2)11(20)23-10-8(6-19)22-12(14(10,3)15)18-5-4-9(16)17-13(18)21/h4-5,7-8,10,12,19H,6H2,1-3H3,(H2,16,17,21). The maximum absolute atomic E-state index is 15.2. The van der Waals surface area contributed by atoms with Crippen molar-refractivity contribution in [3.05, 3.63) is 22.7 Å². The van der Waals surface area contributed by atoms with Crippen molar-refractivity contribution in [2.45, 2.75) is 44.9 Å². The van der Waals surface area contributed by atoms with Gasteiger partial charge >= 0.3 is 11.7 Å². The summed E-state index contributed by atoms with van der Waals surface area (Å²) in [5.74, 6) is -1.10. The summed E-state index contributed by atoms with van der Waals surface area (Å²) < 4.78 is 26.7. The van der Waals surface area contributed by atoms with E-state index < -0.39 is 48.3 Å². The van der Waals surface area contributed by atoms with Gasteiger partial charge in [0.05, 0.1) is 12.5 Å². The van der Waals surface area contributed by atoms with Crippen LogP contribution in [0.25, 0.3) is 0 Å². The SMILES string of the molecule is CC(C)C(=O)OC1C(CO)OC(n2ccc(N)nc2=O)C1(C)F. The lowest BCUT2D eigenvalue weighted by molar-refractivity contribution is -0.162. The van der Waals surface area contributed by atoms with E-state index in [4.69, 9.17) is 15.2 Å². The van der Waals surface area contributed by atoms with E-state index in [0.29, 0.717) is 0 Å². The zero-order valence-electron chi connectivity index (χ0n) is 13.1. The largest absolute Gasteiger partial charge is 0.456 e. The number of aliphatic hydroxyl groups is 1. The van der Waals surface area contributed by atoms with Crippen molar-refractivity contribution in [1.82, 2.24) is 9.55 Å². The second-order valence-electron chi connectivity index (χ2n) is 5.92. The van der Waals surface area contributed by atoms with E-state index in [1.807, 2.05) is 0 Å². The third kappa shape index (κ3) is 3.20. The number of aromatic nitrogens is 2. The number of hydrogen-bond donors (Lipinski definition) is 2. The lowest BCUT2D eigenvalue weighted by Gasteiger charge is -2.28. The smallest absolute Gasteiger partial charge is 0.351 e. The van der Waals surface area contributed by atoms with Crippen LogP contribution in [0.3, 0.4) is 0 Å². The highest BCUT2D eigenvalue weighted by Gasteiger charge is 2.58. The molecule has 0 aliphatic carbocycles. The molecule has 1 fully saturated rings. The Morgan fingerprint density at radius 1 is 1.65 bits per heavy atom. The predicted octanol–water partition coefficient (Wildman–Crippen LogP) is 0.0112. The summed E-state index contributed by atoms with van der Waals surface area (Å²) in [6, 6.07) is 1.32. The van der Waals surface area contributed by atoms with Crippen LogP contribution in [0.2, 0.25) is 0 Å². The number of ether oxygens (including phenoxy) is 2. The van der Waals surface area contributed by atoms with Gasteiger partial charge in [0.1, 0.15) is 11.9 Å². The van der Waals surface area contributed by atoms with Crippen LogP contribution in [0.5, 0.6) is 0 Å². The highest BCUT2D eigenvalue weighted by molar-refractivity contribution is 5.71. The van der Waals surface area contributed by atoms with Gasteiger partial charge in [0.25, 0.3) is 0 Å². The van der Waals surface area contributed by atoms with E-state index in [0.717, 1.165) is 11.5 Å². The van der Waals surface area contributed by atoms with Gasteiger partial charge in [-0.3, -0.25) is 9.36 Å². The number of carbonyl (C=O) groups is 1. The molecule has 1 aromatic heterocycles. The second-order valence-corrected chi connectivity index (χ2v) is 5.92. The molecule has 1 saturated heterocycles. The van der Waals surface area contributed by atoms with Crippen molar-refractivity contribution in [2.24, 2.45) is 5.92 Å². The summed E-state index contributed by atoms with van der Waals surface area (Å²) in [7, 11) is 0. The first-order valence-electron chi connectivity index (χ1n) is 7.18. The highest BCUT2D eigenvalue weighted by Crippen LogP contribution is 2.42. The van der Waals surface area contributed by atoms with Crippen LogP contribution in [0, 0.1) is 5.92 Å². The summed E-state index contributed by atoms with van der Waals surface area (Å²) in [5, 5.41) is 9.39. The molecule has 0 radical (unpaired) electrons. The number of aliphatic hydroxyl groups excluding tert-OH is 1. The average Bonchev–Trinajstić information content (AvgIpc) is 2.70. The third-order valence-electron chi connectivity index (χ3n) is 3.68. The van der Waals surface area contributed by atoms with Gasteiger partial charge < -0.3 is 20.3 Å². The minimum Gasteiger partial charge on any atom is -0.456 e. The van der Waals surface area contributed by atoms with E-state index in [-0.39, 0.29) is 5.82 Å². The second kappa shape index (κ2) is 6.25. The molecular weight excluding hydrogens is 309 g/mol. The maximum Gasteiger partial charge on any atom is 0.351 e. The molecule has 1 aliphatic heterocycles. The van der Waals surface area contributed by atoms with Crippen molar-refractivity contribution >= 4 is 11.8 Å². The number of esters is 1. The van der Waals surface area contributed by atoms with Crippen LogP contribution in [0.4, 0.5) is 10.2 Å². The zero-order chi connectivity index (χ0) is 17.4. The Morgan fingerprint density at radius 2 is 2.30 bits per heavy atom. The fraction of sp³-hybridized carbons (Fsp3) is 0.643. The fourth-order valence-corrected chi connectivity index (χ4v) is 2.41. The van der Waals surface area contributed by atoms with Crippen molar-refractivity contribution < 1.29 is 23.8 Å². The van der Waals surface area contributed by atoms with E-state index in [9.17, 15) is 14.7 Å². The van der Waals surface area contributed by atoms with Crippen LogP contribution in [-0.2, 0) is 14.3 Å². The summed E-state index contributed by atoms with van der Waals surface area (Å²) in [6.45, 7) is 3.79. The first-order chi connectivity index (χ1) is 10.7. The molecule has 3 N–H and O–H groups in total. The molecule has 2 heterocycles. The van der Waals surface area contributed by atoms with Crippen LogP contribution < -0.4 is 11.4 Å². The Kier molecular flexibility index (Phi) is 4.71. The van der Waals surface area contributed by atoms with Crippen molar-refractivity contribution in [3.8, 4) is 0 Å². The van der Waals surface area contributed by atoms with Gasteiger partial charge in [-0.2, -0.15) is 4.98 Å². The van der Waals surface area contributed by atoms with Gasteiger partial charge in [0.2, 0.25) is 0 Å². The first-order valence-corrected chi connectivity index (χ1v) is 7.18. The topological polar surface area (TPSA) is 117 Å². The molecule has 1 aromatic rings. The van der Waals surface area contributed by atoms with Crippen LogP contribution in [0.15, 0.2) is 17.1 Å². The van der Waals surface area contributed by atoms with E-state index in [2.05, 4.69) is 4.98 Å². The average molecular weight is 329 g/mol. The predicted molar refractivity (Wildman–Crippen MR) is 78.1 cm³/mol. The van der Waals surface area contributed by atoms with Gasteiger partial charge in [-0.25, -0.2) is 9.18 Å². The maximum atomic E-state index is 15.2. The number of nitrogens with zero attached hydrogens (tertiary/aromatic N) is 2. The molecule has 1 aliphatic rings. The lowest BCUT2D eigenvalue weighted by atomic mass is 9.98. The number of rotatable bonds is 4. The van der Waals surface area contributed by atoms with Gasteiger partial charge in [-0.1, -0.05) is 13.8 Å². The van der Waals surface area contributed by atoms with E-state index in [1.165, 1.54) is 12.3 Å². The molecule has 23 heavy (non-hydrogen) atoms. The molecule has 0 amide bonds. The zero-order valence-corrected chi connectivity index (χ0v) is 13.1. The number of nitrogen functional groups attached to an aromatic ring is 1. The van der Waals surface area contributed by atoms with Crippen molar-refractivity contribution in [3.63, 3.8) is 0 Å². The van der Waals surface area contributed by atoms with Gasteiger partial charge in [0, 0.05) is 6.20 Å². The quantitative estimate of drug-likeness (QED) is 0.747. The molecule has 0 spiro atoms. The first kappa shape index (κ1) is 17.4. The van der Waals surface area contributed by atoms with Crippen LogP contribution in [0.1, 0.15) is 27.0 Å². The number of nitrogens with two attached hydrogens (primary N) is 1. The summed E-state index contributed by atoms with van der Waals surface area (Å²) in [5.41, 5.74) is 2.37. The molecule has 0 bridgehead atoms. The number of carbonyl (C=O) groups excluding carboxylic acids is 1. The highest BCUT2D eigenvalue weighted by atomic mass is 19.1. The molecule has 8 nitrogen and oxygen atoms in total. The Labute approximate surface area is 132 Å². The van der Waals surface area contributed by atoms with E-state index >= 15 is 4.39 Å². The summed E-state index contributed by atoms with van der Waals surface area (Å²) in [4.78, 5) is 27.2. The van der Waals surface area contributed by atoms with Crippen LogP contribution >= 0.6 is 0 Å². The number of halogens is 1. The van der Waals surface area contributed by atoms with Gasteiger partial charge in [-0.05, 0) is 13.0 Å². The molecule has 9 heteroatoms. The molecule has 128 valence electrons. The fourth-order valence-electron chi connectivity index (χ4n) is 2.41. The minimum atomic E-state index is -2.24. The molecule has 0 saturated carbocycles. The minimum absolute atomic E-state index is 0.00805. The number of anilines is 1. The molecular formula is C14H20FN3O5. The molecule has 4 atom stereocenters. The molecule has 2 rings (SSSR count). The summed E-state index contributed by atoms with van der Waals surface area (Å²) >= 11 is 0. The monoisotopic (exact) mass is 329 g/mol. The molecule has 0 aromatic carbocycles. The third-order valence-corrected chi connectivity index (χ3v) is 3.68. The Morgan fingerprint density at radius 3 is 2.83 bits per heavy atom. The molecule has 4 unspecified atom stereocenters. The van der Waals surface area contributed by atoms with Crippen LogP contribution in [-0.4, -0.2) is 45.1 Å². The Hall–Kier alpha value is -2.00. The Balaban J connectivity index is 2.36. The number of hydrogen-bond acceptors (Lipinski definition) is 7. The van der Waals surface area contributed by atoms with E-state index in [1.54, 1.807) is 13.8 Å². The Bertz CT molecular complexity index is 646. The van der Waals surface area contributed by atoms with Gasteiger partial charge in [-0.15, -0.1) is 0 Å². The van der Waals surface area contributed by atoms with Gasteiger partial charge in [0.15, 0.2) is 18.0 Å². The number of alkyl halides is 1. The van der Waals surface area contributed by atoms with Crippen molar-refractivity contribution in [2.75, 3.05) is 12.3 Å². The summed E-state index contributed by atoms with van der Waals surface area (Å²) in [6.07, 6.45) is -2.60.